The predicted octanol–water partition coefficient (Wildman–Crippen LogP) is 0.780. The van der Waals surface area contributed by atoms with Crippen molar-refractivity contribution < 1.29 is 14.6 Å². The van der Waals surface area contributed by atoms with Crippen molar-refractivity contribution in [3.05, 3.63) is 0 Å². The van der Waals surface area contributed by atoms with Crippen molar-refractivity contribution in [1.29, 1.82) is 5.26 Å². The van der Waals surface area contributed by atoms with Crippen LogP contribution in [0.3, 0.4) is 0 Å². The fourth-order valence-electron chi connectivity index (χ4n) is 1.42. The van der Waals surface area contributed by atoms with Gasteiger partial charge < -0.3 is 9.84 Å². The molecule has 0 aliphatic carbocycles. The number of carbonyl (C=O) groups is 1. The molecule has 4 heteroatoms. The second-order valence-corrected chi connectivity index (χ2v) is 2.84. The molecule has 0 radical (unpaired) electrons. The Balaban J connectivity index is 2.42. The van der Waals surface area contributed by atoms with Gasteiger partial charge >= 0.3 is 5.97 Å². The van der Waals surface area contributed by atoms with E-state index in [1.165, 1.54) is 0 Å². The second kappa shape index (κ2) is 4.07. The average Bonchev–Trinajstić information content (AvgIpc) is 2.48. The molecule has 1 rings (SSSR count). The Morgan fingerprint density at radius 2 is 2.50 bits per heavy atom. The van der Waals surface area contributed by atoms with E-state index in [1.807, 2.05) is 6.07 Å². The summed E-state index contributed by atoms with van der Waals surface area (Å²) in [6.07, 6.45) is 1.23. The van der Waals surface area contributed by atoms with Crippen LogP contribution in [0.4, 0.5) is 0 Å². The van der Waals surface area contributed by atoms with Gasteiger partial charge in [-0.05, 0) is 12.8 Å². The summed E-state index contributed by atoms with van der Waals surface area (Å²) in [7, 11) is 0. The van der Waals surface area contributed by atoms with Crippen molar-refractivity contribution >= 4 is 5.97 Å². The Kier molecular flexibility index (Phi) is 3.06. The largest absolute Gasteiger partial charge is 0.481 e. The molecule has 0 saturated carbocycles. The van der Waals surface area contributed by atoms with Crippen LogP contribution in [0.1, 0.15) is 19.3 Å². The lowest BCUT2D eigenvalue weighted by molar-refractivity contribution is -0.143. The van der Waals surface area contributed by atoms with E-state index in [2.05, 4.69) is 0 Å². The van der Waals surface area contributed by atoms with E-state index >= 15 is 0 Å². The first-order valence-corrected chi connectivity index (χ1v) is 3.97. The van der Waals surface area contributed by atoms with Gasteiger partial charge in [-0.2, -0.15) is 5.26 Å². The Morgan fingerprint density at radius 1 is 1.75 bits per heavy atom. The highest BCUT2D eigenvalue weighted by Crippen LogP contribution is 2.24. The van der Waals surface area contributed by atoms with E-state index in [0.29, 0.717) is 25.9 Å². The summed E-state index contributed by atoms with van der Waals surface area (Å²) in [5, 5.41) is 17.0. The van der Waals surface area contributed by atoms with E-state index in [0.717, 1.165) is 0 Å². The van der Waals surface area contributed by atoms with Crippen molar-refractivity contribution in [3.63, 3.8) is 0 Å². The maximum Gasteiger partial charge on any atom is 0.309 e. The molecule has 0 spiro atoms. The summed E-state index contributed by atoms with van der Waals surface area (Å²) in [4.78, 5) is 10.6. The summed E-state index contributed by atoms with van der Waals surface area (Å²) >= 11 is 0. The summed E-state index contributed by atoms with van der Waals surface area (Å²) in [6.45, 7) is 0.507. The lowest BCUT2D eigenvalue weighted by Gasteiger charge is -2.12. The summed E-state index contributed by atoms with van der Waals surface area (Å²) in [6, 6.07) is 1.98. The van der Waals surface area contributed by atoms with Gasteiger partial charge in [-0.1, -0.05) is 0 Å². The fraction of sp³-hybridized carbons (Fsp3) is 0.750. The highest BCUT2D eigenvalue weighted by Gasteiger charge is 2.33. The van der Waals surface area contributed by atoms with Gasteiger partial charge in [0.15, 0.2) is 0 Å². The number of hydrogen-bond donors (Lipinski definition) is 1. The molecule has 1 aliphatic rings. The van der Waals surface area contributed by atoms with Crippen LogP contribution in [-0.2, 0) is 9.53 Å². The van der Waals surface area contributed by atoms with Crippen LogP contribution in [0, 0.1) is 17.2 Å². The monoisotopic (exact) mass is 169 g/mol. The highest BCUT2D eigenvalue weighted by molar-refractivity contribution is 5.71. The van der Waals surface area contributed by atoms with Gasteiger partial charge in [-0.25, -0.2) is 0 Å². The Labute approximate surface area is 70.7 Å². The zero-order valence-corrected chi connectivity index (χ0v) is 6.69. The van der Waals surface area contributed by atoms with E-state index in [9.17, 15) is 4.79 Å². The smallest absolute Gasteiger partial charge is 0.309 e. The molecule has 0 amide bonds. The number of nitrogens with zero attached hydrogens (tertiary/aromatic N) is 1. The summed E-state index contributed by atoms with van der Waals surface area (Å²) in [5.41, 5.74) is 0. The van der Waals surface area contributed by atoms with Crippen molar-refractivity contribution in [1.82, 2.24) is 0 Å². The molecule has 1 saturated heterocycles. The number of aliphatic carboxylic acids is 1. The van der Waals surface area contributed by atoms with Crippen LogP contribution in [-0.4, -0.2) is 23.8 Å². The normalized spacial score (nSPS) is 28.2. The lowest BCUT2D eigenvalue weighted by Crippen LogP contribution is -2.23. The molecule has 1 fully saturated rings. The molecule has 4 nitrogen and oxygen atoms in total. The van der Waals surface area contributed by atoms with Crippen molar-refractivity contribution in [2.45, 2.75) is 25.4 Å². The number of nitriles is 1. The van der Waals surface area contributed by atoms with Crippen LogP contribution in [0.5, 0.6) is 0 Å². The number of carboxylic acid groups (broad SMARTS) is 1. The molecule has 1 heterocycles. The summed E-state index contributed by atoms with van der Waals surface area (Å²) in [5.74, 6) is -1.21. The maximum absolute atomic E-state index is 10.6. The van der Waals surface area contributed by atoms with Gasteiger partial charge in [0.05, 0.1) is 18.1 Å². The number of carboxylic acids is 1. The first-order valence-electron chi connectivity index (χ1n) is 3.97. The zero-order valence-electron chi connectivity index (χ0n) is 6.69. The molecule has 0 aromatic heterocycles. The zero-order chi connectivity index (χ0) is 8.97. The van der Waals surface area contributed by atoms with E-state index in [1.54, 1.807) is 0 Å². The van der Waals surface area contributed by atoms with E-state index < -0.39 is 11.9 Å². The molecule has 1 aliphatic heterocycles. The van der Waals surface area contributed by atoms with Crippen LogP contribution >= 0.6 is 0 Å². The minimum absolute atomic E-state index is 0.248. The van der Waals surface area contributed by atoms with Crippen molar-refractivity contribution in [2.75, 3.05) is 6.61 Å². The van der Waals surface area contributed by atoms with Gasteiger partial charge in [0, 0.05) is 13.0 Å². The topological polar surface area (TPSA) is 70.3 Å². The van der Waals surface area contributed by atoms with Crippen LogP contribution in [0.15, 0.2) is 0 Å². The molecule has 12 heavy (non-hydrogen) atoms. The SMILES string of the molecule is N#CCCC1OCCC1C(=O)O. The molecule has 0 aromatic carbocycles. The first-order chi connectivity index (χ1) is 5.75. The third-order valence-electron chi connectivity index (χ3n) is 2.07. The number of ether oxygens (including phenoxy) is 1. The molecular formula is C8H11NO3. The van der Waals surface area contributed by atoms with Gasteiger partial charge in [0.25, 0.3) is 0 Å². The molecule has 1 N–H and O–H groups in total. The molecule has 66 valence electrons. The van der Waals surface area contributed by atoms with Gasteiger partial charge in [-0.3, -0.25) is 4.79 Å². The lowest BCUT2D eigenvalue weighted by atomic mass is 9.98. The van der Waals surface area contributed by atoms with Gasteiger partial charge in [0.2, 0.25) is 0 Å². The quantitative estimate of drug-likeness (QED) is 0.677. The molecule has 2 unspecified atom stereocenters. The van der Waals surface area contributed by atoms with Gasteiger partial charge in [-0.15, -0.1) is 0 Å². The standard InChI is InChI=1S/C8H11NO3/c9-4-1-2-7-6(8(10)11)3-5-12-7/h6-7H,1-3,5H2,(H,10,11). The Bertz CT molecular complexity index is 209. The highest BCUT2D eigenvalue weighted by atomic mass is 16.5. The second-order valence-electron chi connectivity index (χ2n) is 2.84. The van der Waals surface area contributed by atoms with E-state index in [-0.39, 0.29) is 6.10 Å². The molecule has 0 aromatic rings. The Morgan fingerprint density at radius 3 is 3.08 bits per heavy atom. The first kappa shape index (κ1) is 9.01. The van der Waals surface area contributed by atoms with Crippen LogP contribution < -0.4 is 0 Å². The summed E-state index contributed by atoms with van der Waals surface area (Å²) < 4.78 is 5.20. The van der Waals surface area contributed by atoms with Crippen LogP contribution in [0.25, 0.3) is 0 Å². The Hall–Kier alpha value is -1.08. The van der Waals surface area contributed by atoms with Crippen molar-refractivity contribution in [3.8, 4) is 6.07 Å². The minimum atomic E-state index is -0.810. The fourth-order valence-corrected chi connectivity index (χ4v) is 1.42. The van der Waals surface area contributed by atoms with Crippen LogP contribution in [0.2, 0.25) is 0 Å². The predicted molar refractivity (Wildman–Crippen MR) is 40.3 cm³/mol. The maximum atomic E-state index is 10.6. The minimum Gasteiger partial charge on any atom is -0.481 e. The molecule has 2 atom stereocenters. The average molecular weight is 169 g/mol. The number of rotatable bonds is 3. The van der Waals surface area contributed by atoms with Gasteiger partial charge in [0.1, 0.15) is 0 Å². The third kappa shape index (κ3) is 1.95. The molecule has 0 bridgehead atoms. The van der Waals surface area contributed by atoms with E-state index in [4.69, 9.17) is 15.1 Å². The van der Waals surface area contributed by atoms with Crippen molar-refractivity contribution in [2.24, 2.45) is 5.92 Å². The molecular weight excluding hydrogens is 158 g/mol. The number of hydrogen-bond acceptors (Lipinski definition) is 3. The third-order valence-corrected chi connectivity index (χ3v) is 2.07.